The number of rotatable bonds is 4. The Hall–Kier alpha value is -0.710. The van der Waals surface area contributed by atoms with Gasteiger partial charge < -0.3 is 5.32 Å². The molecule has 2 aromatic heterocycles. The first kappa shape index (κ1) is 12.7. The fourth-order valence-corrected chi connectivity index (χ4v) is 3.41. The van der Waals surface area contributed by atoms with Gasteiger partial charge in [0, 0.05) is 29.2 Å². The largest absolute Gasteiger partial charge is 0.312 e. The number of hydrogen-bond donors (Lipinski definition) is 1. The number of aromatic nitrogens is 1. The minimum Gasteiger partial charge on any atom is -0.312 e. The number of nitrogens with zero attached hydrogens (tertiary/aromatic N) is 1. The van der Waals surface area contributed by atoms with E-state index in [0.717, 1.165) is 12.1 Å². The summed E-state index contributed by atoms with van der Waals surface area (Å²) in [4.78, 5) is 5.72. The van der Waals surface area contributed by atoms with Crippen molar-refractivity contribution in [2.24, 2.45) is 0 Å². The van der Waals surface area contributed by atoms with E-state index in [2.05, 4.69) is 45.3 Å². The maximum atomic E-state index is 4.37. The summed E-state index contributed by atoms with van der Waals surface area (Å²) >= 11 is 5.37. The van der Waals surface area contributed by atoms with Gasteiger partial charge in [-0.2, -0.15) is 0 Å². The Morgan fingerprint density at radius 3 is 2.82 bits per heavy atom. The smallest absolute Gasteiger partial charge is 0.0731 e. The van der Waals surface area contributed by atoms with E-state index in [1.54, 1.807) is 11.3 Å². The number of thiophene rings is 1. The van der Waals surface area contributed by atoms with Crippen LogP contribution in [0, 0.1) is 6.92 Å². The van der Waals surface area contributed by atoms with Gasteiger partial charge in [-0.1, -0.05) is 6.07 Å². The van der Waals surface area contributed by atoms with Crippen molar-refractivity contribution in [3.8, 4) is 0 Å². The van der Waals surface area contributed by atoms with Crippen LogP contribution in [-0.2, 0) is 6.42 Å². The number of likely N-dealkylation sites (N-methyl/N-ethyl adjacent to an activating group) is 1. The maximum absolute atomic E-state index is 4.37. The second-order valence-corrected chi connectivity index (χ2v) is 6.37. The number of halogens is 1. The van der Waals surface area contributed by atoms with Crippen LogP contribution < -0.4 is 5.32 Å². The molecule has 0 amide bonds. The van der Waals surface area contributed by atoms with Gasteiger partial charge >= 0.3 is 0 Å². The standard InChI is InChI=1S/C13H15BrN2S/c1-9-7-12(17-13(9)14)11(15-2)8-10-5-3-4-6-16-10/h3-7,11,15H,8H2,1-2H3. The fraction of sp³-hybridized carbons (Fsp3) is 0.308. The predicted molar refractivity (Wildman–Crippen MR) is 76.5 cm³/mol. The van der Waals surface area contributed by atoms with Gasteiger partial charge in [-0.25, -0.2) is 0 Å². The van der Waals surface area contributed by atoms with E-state index in [1.165, 1.54) is 14.2 Å². The number of aryl methyl sites for hydroxylation is 1. The third-order valence-electron chi connectivity index (χ3n) is 2.71. The Labute approximate surface area is 114 Å². The molecule has 0 aliphatic heterocycles. The SMILES string of the molecule is CNC(Cc1ccccn1)c1cc(C)c(Br)s1. The van der Waals surface area contributed by atoms with Crippen molar-refractivity contribution in [3.05, 3.63) is 50.4 Å². The summed E-state index contributed by atoms with van der Waals surface area (Å²) in [7, 11) is 2.00. The second-order valence-electron chi connectivity index (χ2n) is 3.97. The normalized spacial score (nSPS) is 12.6. The molecule has 0 bridgehead atoms. The summed E-state index contributed by atoms with van der Waals surface area (Å²) in [5.41, 5.74) is 2.42. The van der Waals surface area contributed by atoms with Gasteiger partial charge in [0.1, 0.15) is 0 Å². The lowest BCUT2D eigenvalue weighted by Crippen LogP contribution is -2.18. The molecule has 17 heavy (non-hydrogen) atoms. The van der Waals surface area contributed by atoms with Gasteiger partial charge in [0.2, 0.25) is 0 Å². The average Bonchev–Trinajstić information content (AvgIpc) is 2.68. The summed E-state index contributed by atoms with van der Waals surface area (Å²) in [5, 5.41) is 3.36. The highest BCUT2D eigenvalue weighted by Gasteiger charge is 2.14. The highest BCUT2D eigenvalue weighted by atomic mass is 79.9. The molecule has 2 aromatic rings. The molecule has 0 aromatic carbocycles. The van der Waals surface area contributed by atoms with E-state index in [4.69, 9.17) is 0 Å². The first-order valence-electron chi connectivity index (χ1n) is 5.53. The molecule has 1 unspecified atom stereocenters. The molecule has 0 spiro atoms. The van der Waals surface area contributed by atoms with Crippen LogP contribution >= 0.6 is 27.3 Å². The lowest BCUT2D eigenvalue weighted by atomic mass is 10.1. The monoisotopic (exact) mass is 310 g/mol. The van der Waals surface area contributed by atoms with Gasteiger partial charge in [-0.05, 0) is 53.7 Å². The molecule has 2 nitrogen and oxygen atoms in total. The minimum absolute atomic E-state index is 0.333. The third-order valence-corrected chi connectivity index (χ3v) is 4.96. The zero-order valence-electron chi connectivity index (χ0n) is 9.90. The molecule has 90 valence electrons. The Morgan fingerprint density at radius 2 is 2.29 bits per heavy atom. The molecule has 0 fully saturated rings. The Bertz CT molecular complexity index is 462. The molecule has 0 saturated heterocycles. The maximum Gasteiger partial charge on any atom is 0.0731 e. The number of pyridine rings is 1. The van der Waals surface area contributed by atoms with Crippen molar-refractivity contribution in [1.82, 2.24) is 10.3 Å². The molecule has 1 atom stereocenters. The van der Waals surface area contributed by atoms with Gasteiger partial charge in [0.05, 0.1) is 3.79 Å². The van der Waals surface area contributed by atoms with Crippen molar-refractivity contribution >= 4 is 27.3 Å². The summed E-state index contributed by atoms with van der Waals surface area (Å²) in [6.07, 6.45) is 2.77. The van der Waals surface area contributed by atoms with Crippen molar-refractivity contribution in [3.63, 3.8) is 0 Å². The quantitative estimate of drug-likeness (QED) is 0.931. The lowest BCUT2D eigenvalue weighted by molar-refractivity contribution is 0.594. The third kappa shape index (κ3) is 3.15. The molecular formula is C13H15BrN2S. The lowest BCUT2D eigenvalue weighted by Gasteiger charge is -2.13. The van der Waals surface area contributed by atoms with E-state index in [9.17, 15) is 0 Å². The van der Waals surface area contributed by atoms with Gasteiger partial charge in [-0.15, -0.1) is 11.3 Å². The first-order valence-corrected chi connectivity index (χ1v) is 7.14. The van der Waals surface area contributed by atoms with Gasteiger partial charge in [0.15, 0.2) is 0 Å². The Kier molecular flexibility index (Phi) is 4.31. The summed E-state index contributed by atoms with van der Waals surface area (Å²) < 4.78 is 1.22. The fourth-order valence-electron chi connectivity index (χ4n) is 1.73. The van der Waals surface area contributed by atoms with Gasteiger partial charge in [-0.3, -0.25) is 4.98 Å². The minimum atomic E-state index is 0.333. The summed E-state index contributed by atoms with van der Waals surface area (Å²) in [6, 6.07) is 8.62. The van der Waals surface area contributed by atoms with Crippen LogP contribution in [0.25, 0.3) is 0 Å². The molecule has 0 radical (unpaired) electrons. The highest BCUT2D eigenvalue weighted by Crippen LogP contribution is 2.32. The predicted octanol–water partition coefficient (Wildman–Crippen LogP) is 3.72. The molecule has 4 heteroatoms. The van der Waals surface area contributed by atoms with E-state index in [1.807, 2.05) is 25.4 Å². The van der Waals surface area contributed by atoms with Crippen LogP contribution in [0.5, 0.6) is 0 Å². The highest BCUT2D eigenvalue weighted by molar-refractivity contribution is 9.11. The first-order chi connectivity index (χ1) is 8.20. The van der Waals surface area contributed by atoms with Crippen LogP contribution in [-0.4, -0.2) is 12.0 Å². The number of nitrogens with one attached hydrogen (secondary N) is 1. The van der Waals surface area contributed by atoms with Gasteiger partial charge in [0.25, 0.3) is 0 Å². The van der Waals surface area contributed by atoms with Crippen LogP contribution in [0.4, 0.5) is 0 Å². The van der Waals surface area contributed by atoms with Crippen molar-refractivity contribution in [2.75, 3.05) is 7.05 Å². The molecule has 2 heterocycles. The zero-order chi connectivity index (χ0) is 12.3. The molecule has 0 saturated carbocycles. The van der Waals surface area contributed by atoms with Crippen molar-refractivity contribution in [1.29, 1.82) is 0 Å². The average molecular weight is 311 g/mol. The summed E-state index contributed by atoms with van der Waals surface area (Å²) in [5.74, 6) is 0. The molecule has 0 aliphatic carbocycles. The van der Waals surface area contributed by atoms with E-state index < -0.39 is 0 Å². The number of hydrogen-bond acceptors (Lipinski definition) is 3. The second kappa shape index (κ2) is 5.76. The molecule has 2 rings (SSSR count). The van der Waals surface area contributed by atoms with Crippen molar-refractivity contribution in [2.45, 2.75) is 19.4 Å². The van der Waals surface area contributed by atoms with Crippen LogP contribution in [0.1, 0.15) is 22.2 Å². The topological polar surface area (TPSA) is 24.9 Å². The van der Waals surface area contributed by atoms with E-state index in [-0.39, 0.29) is 0 Å². The molecule has 1 N–H and O–H groups in total. The Morgan fingerprint density at radius 1 is 1.47 bits per heavy atom. The summed E-state index contributed by atoms with van der Waals surface area (Å²) in [6.45, 7) is 2.12. The Balaban J connectivity index is 2.17. The van der Waals surface area contributed by atoms with E-state index >= 15 is 0 Å². The molecule has 0 aliphatic rings. The van der Waals surface area contributed by atoms with Crippen molar-refractivity contribution < 1.29 is 0 Å². The van der Waals surface area contributed by atoms with Crippen LogP contribution in [0.2, 0.25) is 0 Å². The van der Waals surface area contributed by atoms with Crippen LogP contribution in [0.15, 0.2) is 34.2 Å². The molecular weight excluding hydrogens is 296 g/mol. The zero-order valence-corrected chi connectivity index (χ0v) is 12.3. The van der Waals surface area contributed by atoms with Crippen LogP contribution in [0.3, 0.4) is 0 Å². The van der Waals surface area contributed by atoms with E-state index in [0.29, 0.717) is 6.04 Å².